The first-order valence-corrected chi connectivity index (χ1v) is 12.3. The minimum absolute atomic E-state index is 0.0123. The number of nitrogens with one attached hydrogen (secondary N) is 1. The molecule has 1 fully saturated rings. The van der Waals surface area contributed by atoms with Gasteiger partial charge in [0.2, 0.25) is 11.8 Å². The molecule has 2 N–H and O–H groups in total. The molecule has 2 amide bonds. The average Bonchev–Trinajstić information content (AvgIpc) is 3.16. The van der Waals surface area contributed by atoms with Crippen molar-refractivity contribution in [2.75, 3.05) is 10.2 Å². The molecular formula is C28H26N4O3S. The first-order valence-electron chi connectivity index (χ1n) is 11.4. The van der Waals surface area contributed by atoms with Crippen LogP contribution in [0.25, 0.3) is 6.08 Å². The van der Waals surface area contributed by atoms with E-state index in [4.69, 9.17) is 0 Å². The average molecular weight is 499 g/mol. The maximum atomic E-state index is 13.3. The molecule has 0 saturated carbocycles. The monoisotopic (exact) mass is 498 g/mol. The third kappa shape index (κ3) is 6.49. The molecule has 0 aliphatic carbocycles. The van der Waals surface area contributed by atoms with Crippen LogP contribution in [0, 0.1) is 6.92 Å². The molecular weight excluding hydrogens is 472 g/mol. The third-order valence-electron chi connectivity index (χ3n) is 5.35. The van der Waals surface area contributed by atoms with E-state index in [1.807, 2.05) is 74.5 Å². The molecule has 3 aromatic carbocycles. The second-order valence-corrected chi connectivity index (χ2v) is 9.51. The van der Waals surface area contributed by atoms with Gasteiger partial charge in [0.25, 0.3) is 0 Å². The van der Waals surface area contributed by atoms with Crippen molar-refractivity contribution in [2.45, 2.75) is 25.5 Å². The van der Waals surface area contributed by atoms with Crippen molar-refractivity contribution in [3.8, 4) is 5.75 Å². The Hall–Kier alpha value is -4.17. The summed E-state index contributed by atoms with van der Waals surface area (Å²) in [6.45, 7) is 3.89. The van der Waals surface area contributed by atoms with E-state index in [-0.39, 0.29) is 24.0 Å². The summed E-state index contributed by atoms with van der Waals surface area (Å²) in [5.41, 5.74) is 4.25. The van der Waals surface area contributed by atoms with Gasteiger partial charge >= 0.3 is 0 Å². The molecule has 1 unspecified atom stereocenters. The van der Waals surface area contributed by atoms with Gasteiger partial charge in [-0.05, 0) is 61.4 Å². The van der Waals surface area contributed by atoms with Gasteiger partial charge in [0, 0.05) is 12.1 Å². The largest absolute Gasteiger partial charge is 0.508 e. The van der Waals surface area contributed by atoms with Gasteiger partial charge in [0.1, 0.15) is 11.0 Å². The zero-order chi connectivity index (χ0) is 25.5. The summed E-state index contributed by atoms with van der Waals surface area (Å²) in [6, 6.07) is 23.6. The molecule has 36 heavy (non-hydrogen) atoms. The van der Waals surface area contributed by atoms with E-state index in [2.05, 4.69) is 15.5 Å². The maximum Gasteiger partial charge on any atom is 0.247 e. The smallest absolute Gasteiger partial charge is 0.247 e. The zero-order valence-electron chi connectivity index (χ0n) is 20.0. The highest BCUT2D eigenvalue weighted by Crippen LogP contribution is 2.34. The molecule has 1 aliphatic rings. The van der Waals surface area contributed by atoms with E-state index in [0.717, 1.165) is 16.7 Å². The highest BCUT2D eigenvalue weighted by atomic mass is 32.2. The van der Waals surface area contributed by atoms with Crippen LogP contribution in [0.5, 0.6) is 5.75 Å². The molecule has 1 aliphatic heterocycles. The van der Waals surface area contributed by atoms with E-state index in [1.54, 1.807) is 18.3 Å². The van der Waals surface area contributed by atoms with Crippen molar-refractivity contribution < 1.29 is 14.7 Å². The number of phenolic OH excluding ortho intramolecular Hbond substituents is 1. The number of aryl methyl sites for hydroxylation is 1. The van der Waals surface area contributed by atoms with Crippen molar-refractivity contribution in [2.24, 2.45) is 10.2 Å². The summed E-state index contributed by atoms with van der Waals surface area (Å²) in [5, 5.41) is 20.7. The normalized spacial score (nSPS) is 17.2. The molecule has 0 aromatic heterocycles. The van der Waals surface area contributed by atoms with Crippen LogP contribution < -0.4 is 10.2 Å². The second kappa shape index (κ2) is 11.5. The first-order chi connectivity index (χ1) is 17.4. The van der Waals surface area contributed by atoms with Gasteiger partial charge < -0.3 is 10.4 Å². The number of phenols is 1. The summed E-state index contributed by atoms with van der Waals surface area (Å²) in [6.07, 6.45) is 3.59. The topological polar surface area (TPSA) is 94.4 Å². The number of amides is 2. The Morgan fingerprint density at radius 3 is 2.44 bits per heavy atom. The molecule has 0 bridgehead atoms. The molecule has 3 aromatic rings. The molecule has 0 spiro atoms. The Kier molecular flexibility index (Phi) is 7.97. The van der Waals surface area contributed by atoms with E-state index < -0.39 is 5.25 Å². The molecule has 0 radical (unpaired) electrons. The zero-order valence-corrected chi connectivity index (χ0v) is 20.8. The number of hydrogen-bond acceptors (Lipinski definition) is 6. The number of thioether (sulfide) groups is 1. The summed E-state index contributed by atoms with van der Waals surface area (Å²) >= 11 is 1.19. The van der Waals surface area contributed by atoms with Crippen LogP contribution in [-0.4, -0.2) is 33.6 Å². The van der Waals surface area contributed by atoms with Crippen molar-refractivity contribution >= 4 is 52.4 Å². The van der Waals surface area contributed by atoms with Gasteiger partial charge in [0.15, 0.2) is 5.17 Å². The number of aromatic hydroxyl groups is 1. The number of hydrogen-bond donors (Lipinski definition) is 2. The molecule has 1 heterocycles. The molecule has 8 heteroatoms. The van der Waals surface area contributed by atoms with Gasteiger partial charge in [-0.3, -0.25) is 14.5 Å². The van der Waals surface area contributed by atoms with Crippen LogP contribution in [0.4, 0.5) is 11.4 Å². The van der Waals surface area contributed by atoms with Crippen LogP contribution >= 0.6 is 11.8 Å². The lowest BCUT2D eigenvalue weighted by molar-refractivity contribution is -0.121. The predicted molar refractivity (Wildman–Crippen MR) is 147 cm³/mol. The van der Waals surface area contributed by atoms with Crippen LogP contribution in [-0.2, 0) is 9.59 Å². The van der Waals surface area contributed by atoms with Crippen LogP contribution in [0.2, 0.25) is 0 Å². The van der Waals surface area contributed by atoms with Crippen molar-refractivity contribution in [1.29, 1.82) is 0 Å². The Bertz CT molecular complexity index is 1320. The van der Waals surface area contributed by atoms with E-state index in [0.29, 0.717) is 16.5 Å². The van der Waals surface area contributed by atoms with E-state index in [1.165, 1.54) is 28.8 Å². The number of benzene rings is 3. The number of carbonyl (C=O) groups excluding carboxylic acids is 2. The number of rotatable bonds is 7. The van der Waals surface area contributed by atoms with E-state index in [9.17, 15) is 14.7 Å². The summed E-state index contributed by atoms with van der Waals surface area (Å²) in [5.74, 6) is -0.442. The quantitative estimate of drug-likeness (QED) is 0.326. The SMILES string of the molecule is CC(C=NN=C1SC(CC(=O)Nc2ccc(C)cc2)C(=O)N1c1ccc(O)cc1)=Cc1ccccc1. The van der Waals surface area contributed by atoms with Gasteiger partial charge in [-0.15, -0.1) is 5.10 Å². The van der Waals surface area contributed by atoms with Crippen molar-refractivity contribution in [3.63, 3.8) is 0 Å². The van der Waals surface area contributed by atoms with Crippen LogP contribution in [0.3, 0.4) is 0 Å². The predicted octanol–water partition coefficient (Wildman–Crippen LogP) is 5.62. The first kappa shape index (κ1) is 24.9. The minimum atomic E-state index is -0.654. The highest BCUT2D eigenvalue weighted by molar-refractivity contribution is 8.16. The van der Waals surface area contributed by atoms with Crippen molar-refractivity contribution in [1.82, 2.24) is 0 Å². The van der Waals surface area contributed by atoms with E-state index >= 15 is 0 Å². The Labute approximate surface area is 214 Å². The molecule has 1 saturated heterocycles. The number of anilines is 2. The van der Waals surface area contributed by atoms with Gasteiger partial charge in [0.05, 0.1) is 11.9 Å². The van der Waals surface area contributed by atoms with Gasteiger partial charge in [-0.1, -0.05) is 65.9 Å². The number of nitrogens with zero attached hydrogens (tertiary/aromatic N) is 3. The maximum absolute atomic E-state index is 13.3. The summed E-state index contributed by atoms with van der Waals surface area (Å²) < 4.78 is 0. The number of carbonyl (C=O) groups is 2. The Morgan fingerprint density at radius 2 is 1.75 bits per heavy atom. The van der Waals surface area contributed by atoms with Crippen LogP contribution in [0.15, 0.2) is 94.6 Å². The lowest BCUT2D eigenvalue weighted by atomic mass is 10.1. The molecule has 7 nitrogen and oxygen atoms in total. The number of allylic oxidation sites excluding steroid dienone is 1. The summed E-state index contributed by atoms with van der Waals surface area (Å²) in [4.78, 5) is 27.4. The Balaban J connectivity index is 1.52. The minimum Gasteiger partial charge on any atom is -0.508 e. The second-order valence-electron chi connectivity index (χ2n) is 8.34. The molecule has 1 atom stereocenters. The summed E-state index contributed by atoms with van der Waals surface area (Å²) in [7, 11) is 0. The fourth-order valence-electron chi connectivity index (χ4n) is 3.54. The van der Waals surface area contributed by atoms with Crippen molar-refractivity contribution in [3.05, 3.63) is 95.6 Å². The number of amidine groups is 1. The fraction of sp³-hybridized carbons (Fsp3) is 0.143. The Morgan fingerprint density at radius 1 is 1.06 bits per heavy atom. The van der Waals surface area contributed by atoms with Gasteiger partial charge in [-0.25, -0.2) is 0 Å². The van der Waals surface area contributed by atoms with Gasteiger partial charge in [-0.2, -0.15) is 5.10 Å². The molecule has 4 rings (SSSR count). The fourth-order valence-corrected chi connectivity index (χ4v) is 4.63. The molecule has 182 valence electrons. The lowest BCUT2D eigenvalue weighted by Gasteiger charge is -2.16. The highest BCUT2D eigenvalue weighted by Gasteiger charge is 2.40. The standard InChI is InChI=1S/C28H26N4O3S/c1-19-8-10-22(11-9-19)30-26(34)17-25-27(35)32(23-12-14-24(33)15-13-23)28(36-25)31-29-18-20(2)16-21-6-4-3-5-7-21/h3-16,18,25,33H,17H2,1-2H3,(H,30,34). The third-order valence-corrected chi connectivity index (χ3v) is 6.48. The lowest BCUT2D eigenvalue weighted by Crippen LogP contribution is -2.33. The van der Waals surface area contributed by atoms with Crippen LogP contribution in [0.1, 0.15) is 24.5 Å².